The van der Waals surface area contributed by atoms with Crippen molar-refractivity contribution in [1.29, 1.82) is 0 Å². The van der Waals surface area contributed by atoms with Crippen molar-refractivity contribution >= 4 is 17.7 Å². The highest BCUT2D eigenvalue weighted by atomic mass is 32.2. The molecule has 0 radical (unpaired) electrons. The van der Waals surface area contributed by atoms with E-state index in [1.54, 1.807) is 0 Å². The van der Waals surface area contributed by atoms with Crippen LogP contribution in [0.2, 0.25) is 0 Å². The molecule has 4 heteroatoms. The highest BCUT2D eigenvalue weighted by Crippen LogP contribution is 2.27. The summed E-state index contributed by atoms with van der Waals surface area (Å²) in [5.74, 6) is 0.147. The third-order valence-electron chi connectivity index (χ3n) is 3.84. The van der Waals surface area contributed by atoms with Gasteiger partial charge in [0.25, 0.3) is 0 Å². The van der Waals surface area contributed by atoms with Crippen molar-refractivity contribution in [2.24, 2.45) is 0 Å². The molecule has 0 bridgehead atoms. The first kappa shape index (κ1) is 13.0. The molecule has 2 aliphatic rings. The van der Waals surface area contributed by atoms with Crippen molar-refractivity contribution in [1.82, 2.24) is 10.6 Å². The standard InChI is InChI=1S/C13H22N2OS/c1-9(10-7-14-8-10)13(16)15-11-4-3-5-12(6-11)17-2/h11-12,14H,3-8H2,1-2H3,(H,15,16). The van der Waals surface area contributed by atoms with Crippen LogP contribution >= 0.6 is 11.8 Å². The molecule has 3 nitrogen and oxygen atoms in total. The van der Waals surface area contributed by atoms with Gasteiger partial charge in [-0.15, -0.1) is 0 Å². The molecule has 1 aliphatic carbocycles. The first-order chi connectivity index (χ1) is 8.20. The highest BCUT2D eigenvalue weighted by molar-refractivity contribution is 7.99. The van der Waals surface area contributed by atoms with Gasteiger partial charge in [0.05, 0.1) is 0 Å². The molecule has 1 saturated carbocycles. The number of amides is 1. The van der Waals surface area contributed by atoms with Crippen molar-refractivity contribution in [2.45, 2.75) is 43.9 Å². The highest BCUT2D eigenvalue weighted by Gasteiger charge is 2.24. The molecule has 1 amide bonds. The molecule has 1 aliphatic heterocycles. The third kappa shape index (κ3) is 3.26. The van der Waals surface area contributed by atoms with Gasteiger partial charge in [-0.2, -0.15) is 11.8 Å². The zero-order chi connectivity index (χ0) is 12.3. The Labute approximate surface area is 108 Å². The molecule has 2 N–H and O–H groups in total. The van der Waals surface area contributed by atoms with Crippen LogP contribution in [0.4, 0.5) is 0 Å². The maximum absolute atomic E-state index is 12.0. The summed E-state index contributed by atoms with van der Waals surface area (Å²) in [7, 11) is 0. The molecule has 2 rings (SSSR count). The lowest BCUT2D eigenvalue weighted by Crippen LogP contribution is -2.42. The quantitative estimate of drug-likeness (QED) is 0.753. The van der Waals surface area contributed by atoms with Gasteiger partial charge in [0.2, 0.25) is 5.91 Å². The second-order valence-corrected chi connectivity index (χ2v) is 6.16. The Morgan fingerprint density at radius 2 is 2.18 bits per heavy atom. The topological polar surface area (TPSA) is 41.1 Å². The van der Waals surface area contributed by atoms with Gasteiger partial charge in [0.1, 0.15) is 0 Å². The number of rotatable bonds is 3. The predicted molar refractivity (Wildman–Crippen MR) is 73.3 cm³/mol. The molecule has 17 heavy (non-hydrogen) atoms. The van der Waals surface area contributed by atoms with Gasteiger partial charge < -0.3 is 10.6 Å². The minimum atomic E-state index is 0.147. The normalized spacial score (nSPS) is 28.5. The SMILES string of the molecule is CSC1CCCC(NC(=O)C(C)=C2CNC2)C1. The number of hydrogen-bond donors (Lipinski definition) is 2. The van der Waals surface area contributed by atoms with E-state index in [0.717, 1.165) is 36.8 Å². The summed E-state index contributed by atoms with van der Waals surface area (Å²) in [5, 5.41) is 7.10. The van der Waals surface area contributed by atoms with E-state index in [-0.39, 0.29) is 5.91 Å². The average molecular weight is 254 g/mol. The number of hydrogen-bond acceptors (Lipinski definition) is 3. The summed E-state index contributed by atoms with van der Waals surface area (Å²) < 4.78 is 0. The molecule has 1 saturated heterocycles. The molecule has 0 aromatic carbocycles. The summed E-state index contributed by atoms with van der Waals surface area (Å²) in [6.45, 7) is 3.72. The summed E-state index contributed by atoms with van der Waals surface area (Å²) >= 11 is 1.93. The van der Waals surface area contributed by atoms with Crippen molar-refractivity contribution < 1.29 is 4.79 Å². The monoisotopic (exact) mass is 254 g/mol. The van der Waals surface area contributed by atoms with Crippen LogP contribution in [-0.4, -0.2) is 36.5 Å². The molecule has 2 unspecified atom stereocenters. The summed E-state index contributed by atoms with van der Waals surface area (Å²) in [5.41, 5.74) is 2.19. The Morgan fingerprint density at radius 3 is 2.76 bits per heavy atom. The molecular weight excluding hydrogens is 232 g/mol. The van der Waals surface area contributed by atoms with Crippen molar-refractivity contribution in [3.63, 3.8) is 0 Å². The van der Waals surface area contributed by atoms with Crippen LogP contribution in [0.25, 0.3) is 0 Å². The van der Waals surface area contributed by atoms with E-state index in [4.69, 9.17) is 0 Å². The lowest BCUT2D eigenvalue weighted by molar-refractivity contribution is -0.118. The second-order valence-electron chi connectivity index (χ2n) is 5.03. The lowest BCUT2D eigenvalue weighted by atomic mass is 9.94. The largest absolute Gasteiger partial charge is 0.350 e. The van der Waals surface area contributed by atoms with Gasteiger partial charge in [-0.3, -0.25) is 4.79 Å². The van der Waals surface area contributed by atoms with E-state index < -0.39 is 0 Å². The molecule has 0 aromatic heterocycles. The van der Waals surface area contributed by atoms with E-state index in [1.165, 1.54) is 18.4 Å². The molecule has 2 atom stereocenters. The zero-order valence-corrected chi connectivity index (χ0v) is 11.5. The first-order valence-electron chi connectivity index (χ1n) is 6.43. The van der Waals surface area contributed by atoms with E-state index in [0.29, 0.717) is 6.04 Å². The fraction of sp³-hybridized carbons (Fsp3) is 0.769. The van der Waals surface area contributed by atoms with Crippen LogP contribution in [0, 0.1) is 0 Å². The predicted octanol–water partition coefficient (Wildman–Crippen LogP) is 1.70. The second kappa shape index (κ2) is 5.91. The number of carbonyl (C=O) groups excluding carboxylic acids is 1. The number of nitrogens with one attached hydrogen (secondary N) is 2. The van der Waals surface area contributed by atoms with Gasteiger partial charge in [-0.05, 0) is 38.0 Å². The van der Waals surface area contributed by atoms with Crippen molar-refractivity contribution in [3.05, 3.63) is 11.1 Å². The molecular formula is C13H22N2OS. The van der Waals surface area contributed by atoms with Crippen LogP contribution in [0.5, 0.6) is 0 Å². The van der Waals surface area contributed by atoms with Crippen LogP contribution in [0.1, 0.15) is 32.6 Å². The zero-order valence-electron chi connectivity index (χ0n) is 10.7. The lowest BCUT2D eigenvalue weighted by Gasteiger charge is -2.29. The van der Waals surface area contributed by atoms with Crippen molar-refractivity contribution in [3.8, 4) is 0 Å². The Morgan fingerprint density at radius 1 is 1.41 bits per heavy atom. The van der Waals surface area contributed by atoms with Crippen LogP contribution in [0.15, 0.2) is 11.1 Å². The maximum Gasteiger partial charge on any atom is 0.247 e. The Bertz CT molecular complexity index is 321. The van der Waals surface area contributed by atoms with Gasteiger partial charge in [-0.1, -0.05) is 6.42 Å². The van der Waals surface area contributed by atoms with E-state index in [9.17, 15) is 4.79 Å². The summed E-state index contributed by atoms with van der Waals surface area (Å²) in [6, 6.07) is 0.386. The molecule has 1 heterocycles. The summed E-state index contributed by atoms with van der Waals surface area (Å²) in [4.78, 5) is 12.0. The Kier molecular flexibility index (Phi) is 4.51. The number of thioether (sulfide) groups is 1. The molecule has 0 aromatic rings. The number of carbonyl (C=O) groups is 1. The van der Waals surface area contributed by atoms with Gasteiger partial charge in [-0.25, -0.2) is 0 Å². The fourth-order valence-electron chi connectivity index (χ4n) is 2.46. The first-order valence-corrected chi connectivity index (χ1v) is 7.72. The van der Waals surface area contributed by atoms with Gasteiger partial charge >= 0.3 is 0 Å². The van der Waals surface area contributed by atoms with E-state index in [1.807, 2.05) is 18.7 Å². The van der Waals surface area contributed by atoms with E-state index in [2.05, 4.69) is 16.9 Å². The van der Waals surface area contributed by atoms with Crippen LogP contribution in [-0.2, 0) is 4.79 Å². The maximum atomic E-state index is 12.0. The minimum absolute atomic E-state index is 0.147. The van der Waals surface area contributed by atoms with E-state index >= 15 is 0 Å². The fourth-order valence-corrected chi connectivity index (χ4v) is 3.29. The van der Waals surface area contributed by atoms with Crippen LogP contribution in [0.3, 0.4) is 0 Å². The third-order valence-corrected chi connectivity index (χ3v) is 4.94. The van der Waals surface area contributed by atoms with Crippen molar-refractivity contribution in [2.75, 3.05) is 19.3 Å². The molecule has 96 valence electrons. The van der Waals surface area contributed by atoms with Crippen LogP contribution < -0.4 is 10.6 Å². The average Bonchev–Trinajstić information content (AvgIpc) is 2.27. The van der Waals surface area contributed by atoms with Gasteiger partial charge in [0.15, 0.2) is 0 Å². The molecule has 0 spiro atoms. The summed E-state index contributed by atoms with van der Waals surface area (Å²) in [6.07, 6.45) is 6.99. The smallest absolute Gasteiger partial charge is 0.247 e. The Hall–Kier alpha value is -0.480. The Balaban J connectivity index is 1.85. The van der Waals surface area contributed by atoms with Gasteiger partial charge in [0, 0.05) is 30.0 Å². The minimum Gasteiger partial charge on any atom is -0.350 e. The molecule has 2 fully saturated rings.